The average molecular weight is 686 g/mol. The molecule has 48 heavy (non-hydrogen) atoms. The fraction of sp³-hybridized carbons (Fsp3) is 0.545. The summed E-state index contributed by atoms with van der Waals surface area (Å²) in [5.74, 6) is -4.31. The van der Waals surface area contributed by atoms with Crippen molar-refractivity contribution in [1.82, 2.24) is 31.2 Å². The molecular weight excluding hydrogens is 638 g/mol. The highest BCUT2D eigenvalue weighted by atomic mass is 32.1. The summed E-state index contributed by atoms with van der Waals surface area (Å²) in [5, 5.41) is 23.8. The molecule has 1 aromatic carbocycles. The molecule has 0 saturated carbocycles. The van der Waals surface area contributed by atoms with Gasteiger partial charge in [-0.15, -0.1) is 11.3 Å². The number of aliphatic carboxylic acids is 1. The number of nitrogens with one attached hydrogen (secondary N) is 5. The second-order valence-electron chi connectivity index (χ2n) is 12.4. The summed E-state index contributed by atoms with van der Waals surface area (Å²) < 4.78 is 0. The van der Waals surface area contributed by atoms with Gasteiger partial charge in [-0.1, -0.05) is 70.9 Å². The van der Waals surface area contributed by atoms with E-state index in [2.05, 4.69) is 31.6 Å². The highest BCUT2D eigenvalue weighted by Crippen LogP contribution is 2.19. The molecule has 2 aromatic rings. The first-order chi connectivity index (χ1) is 22.8. The van der Waals surface area contributed by atoms with E-state index in [1.54, 1.807) is 44.2 Å². The minimum absolute atomic E-state index is 0.0586. The molecule has 2 heterocycles. The molecule has 1 fully saturated rings. The van der Waals surface area contributed by atoms with Crippen LogP contribution >= 0.6 is 11.3 Å². The number of likely N-dealkylation sites (tertiary alicyclic amines) is 1. The molecule has 1 aliphatic heterocycles. The van der Waals surface area contributed by atoms with Crippen molar-refractivity contribution < 1.29 is 33.9 Å². The number of carboxylic acid groups (broad SMARTS) is 1. The minimum atomic E-state index is -1.23. The first kappa shape index (κ1) is 38.1. The quantitative estimate of drug-likeness (QED) is 0.153. The number of carboxylic acids is 1. The summed E-state index contributed by atoms with van der Waals surface area (Å²) in [6, 6.07) is 5.72. The van der Waals surface area contributed by atoms with Gasteiger partial charge in [0.15, 0.2) is 5.13 Å². The molecule has 3 rings (SSSR count). The summed E-state index contributed by atoms with van der Waals surface area (Å²) >= 11 is 0.991. The van der Waals surface area contributed by atoms with Crippen LogP contribution in [0.4, 0.5) is 5.13 Å². The van der Waals surface area contributed by atoms with Crippen LogP contribution in [0, 0.1) is 11.8 Å². The van der Waals surface area contributed by atoms with Gasteiger partial charge in [0.2, 0.25) is 23.6 Å². The Hall–Kier alpha value is -4.37. The molecule has 15 heteroatoms. The molecule has 0 radical (unpaired) electrons. The second kappa shape index (κ2) is 18.2. The maximum Gasteiger partial charge on any atom is 0.322 e. The van der Waals surface area contributed by atoms with Crippen LogP contribution in [-0.2, 0) is 30.4 Å². The number of aromatic nitrogens is 1. The van der Waals surface area contributed by atoms with Crippen LogP contribution in [0.25, 0.3) is 0 Å². The molecule has 0 spiro atoms. The maximum atomic E-state index is 13.5. The van der Waals surface area contributed by atoms with Crippen LogP contribution in [0.5, 0.6) is 0 Å². The number of rotatable bonds is 16. The van der Waals surface area contributed by atoms with Crippen LogP contribution in [0.2, 0.25) is 0 Å². The van der Waals surface area contributed by atoms with E-state index in [-0.39, 0.29) is 41.0 Å². The van der Waals surface area contributed by atoms with E-state index in [4.69, 9.17) is 5.11 Å². The standard InChI is InChI=1S/C33H47N7O7S/c1-6-20(4)27(38-30(45)24-14-10-11-15-40(24)5)32(47)37-26(19(2)3)31(46)39-33-36-23(18-48-33)29(44)35-22(28(43)34-17-25(41)42)16-21-12-8-7-9-13-21/h7-9,12-13,18-20,22,24,26-27H,6,10-11,14-17H2,1-5H3,(H,34,43)(H,35,44)(H,37,47)(H,38,45)(H,41,42)(H,36,39,46)/t20?,22-,24?,26-,27-/m0/s1. The zero-order chi connectivity index (χ0) is 35.4. The zero-order valence-corrected chi connectivity index (χ0v) is 28.9. The number of anilines is 1. The van der Waals surface area contributed by atoms with E-state index < -0.39 is 54.3 Å². The fourth-order valence-electron chi connectivity index (χ4n) is 5.33. The van der Waals surface area contributed by atoms with Crippen molar-refractivity contribution >= 4 is 52.0 Å². The van der Waals surface area contributed by atoms with E-state index in [1.165, 1.54) is 5.38 Å². The Morgan fingerprint density at radius 3 is 2.29 bits per heavy atom. The van der Waals surface area contributed by atoms with Gasteiger partial charge in [-0.25, -0.2) is 4.98 Å². The molecule has 5 atom stereocenters. The molecule has 5 amide bonds. The molecule has 1 aliphatic rings. The Morgan fingerprint density at radius 1 is 0.958 bits per heavy atom. The van der Waals surface area contributed by atoms with Gasteiger partial charge in [0.25, 0.3) is 5.91 Å². The zero-order valence-electron chi connectivity index (χ0n) is 28.1. The minimum Gasteiger partial charge on any atom is -0.480 e. The normalized spacial score (nSPS) is 17.3. The van der Waals surface area contributed by atoms with Crippen molar-refractivity contribution in [2.75, 3.05) is 25.5 Å². The third-order valence-electron chi connectivity index (χ3n) is 8.40. The number of piperidine rings is 1. The van der Waals surface area contributed by atoms with Gasteiger partial charge >= 0.3 is 5.97 Å². The van der Waals surface area contributed by atoms with Gasteiger partial charge in [0, 0.05) is 11.8 Å². The summed E-state index contributed by atoms with van der Waals surface area (Å²) in [5.41, 5.74) is 0.689. The Balaban J connectivity index is 1.67. The molecule has 6 N–H and O–H groups in total. The van der Waals surface area contributed by atoms with E-state index >= 15 is 0 Å². The van der Waals surface area contributed by atoms with Gasteiger partial charge in [0.1, 0.15) is 30.4 Å². The van der Waals surface area contributed by atoms with Crippen LogP contribution in [0.1, 0.15) is 69.4 Å². The first-order valence-electron chi connectivity index (χ1n) is 16.2. The summed E-state index contributed by atoms with van der Waals surface area (Å²) in [7, 11) is 1.90. The number of hydrogen-bond acceptors (Lipinski definition) is 9. The number of hydrogen-bond donors (Lipinski definition) is 6. The highest BCUT2D eigenvalue weighted by Gasteiger charge is 2.34. The lowest BCUT2D eigenvalue weighted by Gasteiger charge is -2.34. The van der Waals surface area contributed by atoms with E-state index in [0.717, 1.165) is 36.3 Å². The van der Waals surface area contributed by atoms with Gasteiger partial charge in [-0.05, 0) is 43.8 Å². The SMILES string of the molecule is CCC(C)[C@H](NC(=O)C1CCCCN1C)C(=O)N[C@H](C(=O)Nc1nc(C(=O)N[C@@H](Cc2ccccc2)C(=O)NCC(=O)O)cs1)C(C)C. The van der Waals surface area contributed by atoms with Crippen molar-refractivity contribution in [1.29, 1.82) is 0 Å². The van der Waals surface area contributed by atoms with Crippen molar-refractivity contribution in [2.45, 2.75) is 84.0 Å². The van der Waals surface area contributed by atoms with Gasteiger partial charge in [-0.3, -0.25) is 33.7 Å². The smallest absolute Gasteiger partial charge is 0.322 e. The number of thiazole rings is 1. The van der Waals surface area contributed by atoms with Crippen LogP contribution in [0.15, 0.2) is 35.7 Å². The second-order valence-corrected chi connectivity index (χ2v) is 13.3. The van der Waals surface area contributed by atoms with Gasteiger partial charge in [-0.2, -0.15) is 0 Å². The predicted octanol–water partition coefficient (Wildman–Crippen LogP) is 1.78. The van der Waals surface area contributed by atoms with E-state index in [0.29, 0.717) is 12.8 Å². The fourth-order valence-corrected chi connectivity index (χ4v) is 6.03. The van der Waals surface area contributed by atoms with E-state index in [9.17, 15) is 28.8 Å². The summed E-state index contributed by atoms with van der Waals surface area (Å²) in [6.07, 6.45) is 3.42. The van der Waals surface area contributed by atoms with Crippen molar-refractivity contribution in [3.05, 3.63) is 47.0 Å². The number of benzene rings is 1. The average Bonchev–Trinajstić information content (AvgIpc) is 3.53. The van der Waals surface area contributed by atoms with Crippen molar-refractivity contribution in [3.8, 4) is 0 Å². The molecule has 0 aliphatic carbocycles. The number of amides is 5. The third-order valence-corrected chi connectivity index (χ3v) is 9.16. The molecule has 1 aromatic heterocycles. The highest BCUT2D eigenvalue weighted by molar-refractivity contribution is 7.14. The number of nitrogens with zero attached hydrogens (tertiary/aromatic N) is 2. The third kappa shape index (κ3) is 11.1. The predicted molar refractivity (Wildman–Crippen MR) is 181 cm³/mol. The molecular formula is C33H47N7O7S. The number of carbonyl (C=O) groups excluding carboxylic acids is 5. The molecule has 2 unspecified atom stereocenters. The number of likely N-dealkylation sites (N-methyl/N-ethyl adjacent to an activating group) is 1. The Bertz CT molecular complexity index is 1430. The van der Waals surface area contributed by atoms with Crippen molar-refractivity contribution in [3.63, 3.8) is 0 Å². The largest absolute Gasteiger partial charge is 0.480 e. The Morgan fingerprint density at radius 2 is 1.67 bits per heavy atom. The van der Waals surface area contributed by atoms with Crippen LogP contribution in [0.3, 0.4) is 0 Å². The van der Waals surface area contributed by atoms with Gasteiger partial charge < -0.3 is 31.7 Å². The lowest BCUT2D eigenvalue weighted by atomic mass is 9.95. The Kier molecular flexibility index (Phi) is 14.5. The molecule has 262 valence electrons. The summed E-state index contributed by atoms with van der Waals surface area (Å²) in [6.45, 7) is 7.57. The van der Waals surface area contributed by atoms with Crippen LogP contribution < -0.4 is 26.6 Å². The van der Waals surface area contributed by atoms with E-state index in [1.807, 2.05) is 25.8 Å². The molecule has 0 bridgehead atoms. The van der Waals surface area contributed by atoms with Crippen LogP contribution in [-0.4, -0.2) is 94.8 Å². The lowest BCUT2D eigenvalue weighted by molar-refractivity contribution is -0.138. The topological polar surface area (TPSA) is 199 Å². The first-order valence-corrected chi connectivity index (χ1v) is 17.1. The monoisotopic (exact) mass is 685 g/mol. The summed E-state index contributed by atoms with van der Waals surface area (Å²) in [4.78, 5) is 83.1. The van der Waals surface area contributed by atoms with Crippen molar-refractivity contribution in [2.24, 2.45) is 11.8 Å². The number of carbonyl (C=O) groups is 6. The van der Waals surface area contributed by atoms with Gasteiger partial charge in [0.05, 0.1) is 6.04 Å². The maximum absolute atomic E-state index is 13.5. The lowest BCUT2D eigenvalue weighted by Crippen LogP contribution is -2.59. The molecule has 1 saturated heterocycles. The Labute approximate surface area is 284 Å². The molecule has 14 nitrogen and oxygen atoms in total.